The number of ether oxygens (including phenoxy) is 2. The minimum absolute atomic E-state index is 0.424. The van der Waals surface area contributed by atoms with Crippen molar-refractivity contribution in [3.05, 3.63) is 30.5 Å². The molecule has 3 N–H and O–H groups in total. The number of amides is 1. The van der Waals surface area contributed by atoms with Gasteiger partial charge >= 0.3 is 6.09 Å². The van der Waals surface area contributed by atoms with E-state index < -0.39 is 11.7 Å². The number of aromatic nitrogens is 1. The summed E-state index contributed by atoms with van der Waals surface area (Å²) in [5.41, 5.74) is 6.89. The average Bonchev–Trinajstić information content (AvgIpc) is 2.45. The predicted octanol–water partition coefficient (Wildman–Crippen LogP) is 3.11. The number of rotatable bonds is 5. The fourth-order valence-electron chi connectivity index (χ4n) is 2.00. The molecular weight excluding hydrogens is 294 g/mol. The molecule has 124 valence electrons. The third kappa shape index (κ3) is 5.32. The molecule has 0 spiro atoms. The SMILES string of the molecule is CC(C)(C)OC(=O)NCCCOc1cc2ncccc2cc1N. The van der Waals surface area contributed by atoms with Crippen molar-refractivity contribution in [3.8, 4) is 5.75 Å². The van der Waals surface area contributed by atoms with Crippen LogP contribution in [-0.2, 0) is 4.74 Å². The minimum Gasteiger partial charge on any atom is -0.491 e. The van der Waals surface area contributed by atoms with Gasteiger partial charge < -0.3 is 20.5 Å². The second-order valence-corrected chi connectivity index (χ2v) is 6.22. The van der Waals surface area contributed by atoms with E-state index in [4.69, 9.17) is 15.2 Å². The predicted molar refractivity (Wildman–Crippen MR) is 90.5 cm³/mol. The van der Waals surface area contributed by atoms with Gasteiger partial charge in [0, 0.05) is 24.2 Å². The Morgan fingerprint density at radius 3 is 2.87 bits per heavy atom. The number of nitrogens with one attached hydrogen (secondary N) is 1. The van der Waals surface area contributed by atoms with E-state index in [0.717, 1.165) is 10.9 Å². The van der Waals surface area contributed by atoms with Crippen molar-refractivity contribution in [2.45, 2.75) is 32.8 Å². The van der Waals surface area contributed by atoms with Crippen LogP contribution < -0.4 is 15.8 Å². The van der Waals surface area contributed by atoms with Crippen molar-refractivity contribution in [3.63, 3.8) is 0 Å². The zero-order valence-electron chi connectivity index (χ0n) is 13.8. The van der Waals surface area contributed by atoms with E-state index in [1.807, 2.05) is 45.0 Å². The summed E-state index contributed by atoms with van der Waals surface area (Å²) in [6.07, 6.45) is 1.96. The van der Waals surface area contributed by atoms with Crippen molar-refractivity contribution >= 4 is 22.7 Å². The first-order valence-corrected chi connectivity index (χ1v) is 7.59. The monoisotopic (exact) mass is 317 g/mol. The van der Waals surface area contributed by atoms with E-state index in [1.54, 1.807) is 6.20 Å². The molecule has 0 atom stereocenters. The van der Waals surface area contributed by atoms with Gasteiger partial charge in [-0.1, -0.05) is 6.07 Å². The van der Waals surface area contributed by atoms with Crippen molar-refractivity contribution in [2.24, 2.45) is 0 Å². The summed E-state index contributed by atoms with van der Waals surface area (Å²) >= 11 is 0. The van der Waals surface area contributed by atoms with Gasteiger partial charge in [-0.2, -0.15) is 0 Å². The minimum atomic E-state index is -0.493. The van der Waals surface area contributed by atoms with E-state index >= 15 is 0 Å². The highest BCUT2D eigenvalue weighted by Crippen LogP contribution is 2.26. The molecule has 0 saturated heterocycles. The molecule has 0 aliphatic carbocycles. The summed E-state index contributed by atoms with van der Waals surface area (Å²) in [6, 6.07) is 7.49. The van der Waals surface area contributed by atoms with Crippen LogP contribution in [0.4, 0.5) is 10.5 Å². The number of hydrogen-bond acceptors (Lipinski definition) is 5. The van der Waals surface area contributed by atoms with Crippen LogP contribution >= 0.6 is 0 Å². The Bertz CT molecular complexity index is 680. The number of alkyl carbamates (subject to hydrolysis) is 1. The van der Waals surface area contributed by atoms with Gasteiger partial charge in [0.25, 0.3) is 0 Å². The fraction of sp³-hybridized carbons (Fsp3) is 0.412. The number of fused-ring (bicyclic) bond motifs is 1. The number of nitrogens with two attached hydrogens (primary N) is 1. The Morgan fingerprint density at radius 2 is 2.13 bits per heavy atom. The number of pyridine rings is 1. The Hall–Kier alpha value is -2.50. The number of benzene rings is 1. The molecule has 0 aliphatic heterocycles. The van der Waals surface area contributed by atoms with E-state index in [1.165, 1.54) is 0 Å². The lowest BCUT2D eigenvalue weighted by atomic mass is 10.2. The summed E-state index contributed by atoms with van der Waals surface area (Å²) in [6.45, 7) is 6.39. The second kappa shape index (κ2) is 7.17. The molecule has 6 heteroatoms. The number of nitrogen functional groups attached to an aromatic ring is 1. The van der Waals surface area contributed by atoms with Crippen LogP contribution in [0.1, 0.15) is 27.2 Å². The molecule has 1 amide bonds. The molecule has 0 aliphatic rings. The van der Waals surface area contributed by atoms with Gasteiger partial charge in [-0.3, -0.25) is 4.98 Å². The summed E-state index contributed by atoms with van der Waals surface area (Å²) in [4.78, 5) is 15.8. The number of anilines is 1. The first-order chi connectivity index (χ1) is 10.8. The van der Waals surface area contributed by atoms with E-state index in [2.05, 4.69) is 10.3 Å². The van der Waals surface area contributed by atoms with Gasteiger partial charge in [-0.25, -0.2) is 4.79 Å². The van der Waals surface area contributed by atoms with Crippen LogP contribution in [0.15, 0.2) is 30.5 Å². The van der Waals surface area contributed by atoms with Gasteiger partial charge in [0.2, 0.25) is 0 Å². The van der Waals surface area contributed by atoms with Crippen LogP contribution in [0.25, 0.3) is 10.9 Å². The summed E-state index contributed by atoms with van der Waals surface area (Å²) in [5, 5.41) is 3.66. The normalized spacial score (nSPS) is 11.3. The zero-order valence-corrected chi connectivity index (χ0v) is 13.8. The number of carbonyl (C=O) groups excluding carboxylic acids is 1. The van der Waals surface area contributed by atoms with E-state index in [0.29, 0.717) is 31.0 Å². The highest BCUT2D eigenvalue weighted by molar-refractivity contribution is 5.84. The van der Waals surface area contributed by atoms with E-state index in [9.17, 15) is 4.79 Å². The molecular formula is C17H23N3O3. The summed E-state index contributed by atoms with van der Waals surface area (Å²) in [7, 11) is 0. The van der Waals surface area contributed by atoms with Gasteiger partial charge in [0.15, 0.2) is 0 Å². The van der Waals surface area contributed by atoms with Crippen LogP contribution in [-0.4, -0.2) is 29.8 Å². The number of carbonyl (C=O) groups is 1. The standard InChI is InChI=1S/C17H23N3O3/c1-17(2,3)23-16(21)20-8-5-9-22-15-11-14-12(10-13(15)18)6-4-7-19-14/h4,6-7,10-11H,5,8-9,18H2,1-3H3,(H,20,21). The molecule has 2 rings (SSSR count). The molecule has 1 aromatic carbocycles. The maximum absolute atomic E-state index is 11.5. The zero-order chi connectivity index (χ0) is 16.9. The maximum atomic E-state index is 11.5. The second-order valence-electron chi connectivity index (χ2n) is 6.22. The maximum Gasteiger partial charge on any atom is 0.407 e. The van der Waals surface area contributed by atoms with Gasteiger partial charge in [0.1, 0.15) is 11.4 Å². The molecule has 2 aromatic rings. The van der Waals surface area contributed by atoms with Crippen molar-refractivity contribution in [2.75, 3.05) is 18.9 Å². The Morgan fingerprint density at radius 1 is 1.35 bits per heavy atom. The molecule has 0 bridgehead atoms. The average molecular weight is 317 g/mol. The molecule has 1 heterocycles. The van der Waals surface area contributed by atoms with Gasteiger partial charge in [0.05, 0.1) is 17.8 Å². The topological polar surface area (TPSA) is 86.5 Å². The van der Waals surface area contributed by atoms with Crippen molar-refractivity contribution in [1.82, 2.24) is 10.3 Å². The molecule has 0 unspecified atom stereocenters. The third-order valence-corrected chi connectivity index (χ3v) is 2.98. The Labute approximate surface area is 136 Å². The largest absolute Gasteiger partial charge is 0.491 e. The lowest BCUT2D eigenvalue weighted by molar-refractivity contribution is 0.0525. The highest BCUT2D eigenvalue weighted by atomic mass is 16.6. The number of hydrogen-bond donors (Lipinski definition) is 2. The van der Waals surface area contributed by atoms with Gasteiger partial charge in [-0.15, -0.1) is 0 Å². The highest BCUT2D eigenvalue weighted by Gasteiger charge is 2.15. The Kier molecular flexibility index (Phi) is 5.26. The quantitative estimate of drug-likeness (QED) is 0.653. The van der Waals surface area contributed by atoms with Crippen LogP contribution in [0, 0.1) is 0 Å². The van der Waals surface area contributed by atoms with Crippen LogP contribution in [0.5, 0.6) is 5.75 Å². The number of nitrogens with zero attached hydrogens (tertiary/aromatic N) is 1. The molecule has 6 nitrogen and oxygen atoms in total. The van der Waals surface area contributed by atoms with Crippen LogP contribution in [0.2, 0.25) is 0 Å². The van der Waals surface area contributed by atoms with Crippen molar-refractivity contribution < 1.29 is 14.3 Å². The van der Waals surface area contributed by atoms with E-state index in [-0.39, 0.29) is 0 Å². The molecule has 0 radical (unpaired) electrons. The summed E-state index contributed by atoms with van der Waals surface area (Å²) < 4.78 is 10.8. The molecule has 23 heavy (non-hydrogen) atoms. The third-order valence-electron chi connectivity index (χ3n) is 2.98. The molecule has 0 fully saturated rings. The molecule has 0 saturated carbocycles. The smallest absolute Gasteiger partial charge is 0.407 e. The summed E-state index contributed by atoms with van der Waals surface area (Å²) in [5.74, 6) is 0.605. The van der Waals surface area contributed by atoms with Gasteiger partial charge in [-0.05, 0) is 39.3 Å². The van der Waals surface area contributed by atoms with Crippen molar-refractivity contribution in [1.29, 1.82) is 0 Å². The van der Waals surface area contributed by atoms with Crippen LogP contribution in [0.3, 0.4) is 0 Å². The first-order valence-electron chi connectivity index (χ1n) is 7.59. The fourth-order valence-corrected chi connectivity index (χ4v) is 2.00. The first kappa shape index (κ1) is 16.9. The molecule has 1 aromatic heterocycles. The lowest BCUT2D eigenvalue weighted by Gasteiger charge is -2.19. The Balaban J connectivity index is 1.78. The lowest BCUT2D eigenvalue weighted by Crippen LogP contribution is -2.33.